The summed E-state index contributed by atoms with van der Waals surface area (Å²) in [5.41, 5.74) is 0.0132. The maximum Gasteiger partial charge on any atom is 0.387 e. The van der Waals surface area contributed by atoms with Gasteiger partial charge in [-0.05, 0) is 25.0 Å². The minimum absolute atomic E-state index is 0.0132. The summed E-state index contributed by atoms with van der Waals surface area (Å²) in [7, 11) is -3.60. The highest BCUT2D eigenvalue weighted by molar-refractivity contribution is 7.92. The van der Waals surface area contributed by atoms with Gasteiger partial charge in [-0.1, -0.05) is 12.1 Å². The van der Waals surface area contributed by atoms with E-state index in [4.69, 9.17) is 0 Å². The number of alkyl halides is 2. The van der Waals surface area contributed by atoms with Crippen molar-refractivity contribution in [1.29, 1.82) is 0 Å². The molecule has 1 aromatic rings. The number of rotatable bonds is 8. The molecule has 20 heavy (non-hydrogen) atoms. The SMILES string of the molecule is O=S(=O)(CCNC1CC1)Nc1ccccc1OC(F)F. The zero-order valence-corrected chi connectivity index (χ0v) is 11.5. The van der Waals surface area contributed by atoms with Crippen molar-refractivity contribution in [1.82, 2.24) is 5.32 Å². The van der Waals surface area contributed by atoms with E-state index in [1.54, 1.807) is 6.07 Å². The van der Waals surface area contributed by atoms with Gasteiger partial charge in [-0.3, -0.25) is 4.72 Å². The first-order valence-electron chi connectivity index (χ1n) is 6.24. The predicted octanol–water partition coefficient (Wildman–Crippen LogP) is 1.78. The van der Waals surface area contributed by atoms with Crippen LogP contribution in [-0.2, 0) is 10.0 Å². The van der Waals surface area contributed by atoms with Crippen molar-refractivity contribution in [2.75, 3.05) is 17.0 Å². The molecular weight excluding hydrogens is 290 g/mol. The first-order valence-corrected chi connectivity index (χ1v) is 7.89. The van der Waals surface area contributed by atoms with Gasteiger partial charge in [-0.15, -0.1) is 0 Å². The molecule has 1 aliphatic rings. The van der Waals surface area contributed by atoms with Gasteiger partial charge in [0.1, 0.15) is 5.75 Å². The molecule has 1 saturated carbocycles. The Hall–Kier alpha value is -1.41. The largest absolute Gasteiger partial charge is 0.433 e. The van der Waals surface area contributed by atoms with Crippen LogP contribution in [0.15, 0.2) is 24.3 Å². The van der Waals surface area contributed by atoms with E-state index < -0.39 is 16.6 Å². The third kappa shape index (κ3) is 4.93. The van der Waals surface area contributed by atoms with Crippen LogP contribution in [0.3, 0.4) is 0 Å². The van der Waals surface area contributed by atoms with E-state index in [1.165, 1.54) is 18.2 Å². The van der Waals surface area contributed by atoms with Crippen LogP contribution in [0.25, 0.3) is 0 Å². The lowest BCUT2D eigenvalue weighted by Crippen LogP contribution is -2.28. The Morgan fingerprint density at radius 1 is 1.30 bits per heavy atom. The molecule has 1 fully saturated rings. The van der Waals surface area contributed by atoms with Gasteiger partial charge in [0.05, 0.1) is 11.4 Å². The van der Waals surface area contributed by atoms with Gasteiger partial charge >= 0.3 is 6.61 Å². The van der Waals surface area contributed by atoms with Gasteiger partial charge in [0, 0.05) is 12.6 Å². The Morgan fingerprint density at radius 3 is 2.65 bits per heavy atom. The number of para-hydroxylation sites is 2. The van der Waals surface area contributed by atoms with Gasteiger partial charge in [0.2, 0.25) is 10.0 Å². The molecule has 0 amide bonds. The normalized spacial score (nSPS) is 15.3. The summed E-state index contributed by atoms with van der Waals surface area (Å²) in [5.74, 6) is -0.312. The number of benzene rings is 1. The fraction of sp³-hybridized carbons (Fsp3) is 0.500. The summed E-state index contributed by atoms with van der Waals surface area (Å²) in [6, 6.07) is 6.11. The summed E-state index contributed by atoms with van der Waals surface area (Å²) < 4.78 is 54.7. The number of sulfonamides is 1. The Kier molecular flexibility index (Phi) is 4.77. The van der Waals surface area contributed by atoms with Crippen LogP contribution in [0.5, 0.6) is 5.75 Å². The van der Waals surface area contributed by atoms with Crippen LogP contribution < -0.4 is 14.8 Å². The summed E-state index contributed by atoms with van der Waals surface area (Å²) in [6.45, 7) is -2.67. The number of ether oxygens (including phenoxy) is 1. The van der Waals surface area contributed by atoms with Gasteiger partial charge in [0.15, 0.2) is 0 Å². The first kappa shape index (κ1) is 15.0. The summed E-state index contributed by atoms with van der Waals surface area (Å²) in [6.07, 6.45) is 2.14. The molecule has 5 nitrogen and oxygen atoms in total. The van der Waals surface area contributed by atoms with E-state index in [0.717, 1.165) is 12.8 Å². The fourth-order valence-corrected chi connectivity index (χ4v) is 2.65. The molecule has 0 aliphatic heterocycles. The molecule has 2 rings (SSSR count). The number of halogens is 2. The third-order valence-electron chi connectivity index (χ3n) is 2.75. The topological polar surface area (TPSA) is 67.4 Å². The maximum atomic E-state index is 12.2. The lowest BCUT2D eigenvalue weighted by atomic mass is 10.3. The highest BCUT2D eigenvalue weighted by atomic mass is 32.2. The minimum Gasteiger partial charge on any atom is -0.433 e. The van der Waals surface area contributed by atoms with Crippen molar-refractivity contribution in [2.45, 2.75) is 25.5 Å². The molecule has 0 atom stereocenters. The zero-order valence-electron chi connectivity index (χ0n) is 10.7. The quantitative estimate of drug-likeness (QED) is 0.768. The molecular formula is C12H16F2N2O3S. The van der Waals surface area contributed by atoms with Crippen molar-refractivity contribution >= 4 is 15.7 Å². The van der Waals surface area contributed by atoms with Gasteiger partial charge < -0.3 is 10.1 Å². The van der Waals surface area contributed by atoms with Crippen molar-refractivity contribution in [3.8, 4) is 5.75 Å². The number of anilines is 1. The average molecular weight is 306 g/mol. The molecule has 1 aromatic carbocycles. The highest BCUT2D eigenvalue weighted by Crippen LogP contribution is 2.26. The van der Waals surface area contributed by atoms with Crippen LogP contribution in [0.4, 0.5) is 14.5 Å². The van der Waals surface area contributed by atoms with E-state index in [9.17, 15) is 17.2 Å². The molecule has 0 bridgehead atoms. The maximum absolute atomic E-state index is 12.2. The van der Waals surface area contributed by atoms with Gasteiger partial charge in [-0.2, -0.15) is 8.78 Å². The Labute approximate surface area is 116 Å². The molecule has 8 heteroatoms. The molecule has 1 aliphatic carbocycles. The molecule has 0 saturated heterocycles. The van der Waals surface area contributed by atoms with Crippen LogP contribution in [-0.4, -0.2) is 33.4 Å². The second kappa shape index (κ2) is 6.36. The second-order valence-corrected chi connectivity index (χ2v) is 6.37. The molecule has 0 aromatic heterocycles. The van der Waals surface area contributed by atoms with Gasteiger partial charge in [0.25, 0.3) is 0 Å². The zero-order chi connectivity index (χ0) is 14.6. The van der Waals surface area contributed by atoms with Gasteiger partial charge in [-0.25, -0.2) is 8.42 Å². The lowest BCUT2D eigenvalue weighted by Gasteiger charge is -2.13. The van der Waals surface area contributed by atoms with E-state index in [-0.39, 0.29) is 17.2 Å². The number of hydrogen-bond donors (Lipinski definition) is 2. The Balaban J connectivity index is 1.96. The average Bonchev–Trinajstić information content (AvgIpc) is 3.14. The van der Waals surface area contributed by atoms with Crippen molar-refractivity contribution < 1.29 is 21.9 Å². The third-order valence-corrected chi connectivity index (χ3v) is 4.02. The van der Waals surface area contributed by atoms with Crippen molar-refractivity contribution in [3.63, 3.8) is 0 Å². The van der Waals surface area contributed by atoms with Crippen LogP contribution in [0.1, 0.15) is 12.8 Å². The smallest absolute Gasteiger partial charge is 0.387 e. The second-order valence-electron chi connectivity index (χ2n) is 4.52. The predicted molar refractivity (Wildman–Crippen MR) is 71.5 cm³/mol. The molecule has 0 spiro atoms. The molecule has 0 radical (unpaired) electrons. The highest BCUT2D eigenvalue weighted by Gasteiger charge is 2.21. The van der Waals surface area contributed by atoms with Crippen LogP contribution >= 0.6 is 0 Å². The van der Waals surface area contributed by atoms with Crippen LogP contribution in [0, 0.1) is 0 Å². The van der Waals surface area contributed by atoms with E-state index in [0.29, 0.717) is 12.6 Å². The van der Waals surface area contributed by atoms with Crippen molar-refractivity contribution in [3.05, 3.63) is 24.3 Å². The first-order chi connectivity index (χ1) is 9.46. The molecule has 0 heterocycles. The fourth-order valence-electron chi connectivity index (χ4n) is 1.65. The van der Waals surface area contributed by atoms with E-state index >= 15 is 0 Å². The van der Waals surface area contributed by atoms with Crippen molar-refractivity contribution in [2.24, 2.45) is 0 Å². The van der Waals surface area contributed by atoms with Crippen LogP contribution in [0.2, 0.25) is 0 Å². The summed E-state index contributed by atoms with van der Waals surface area (Å²) in [4.78, 5) is 0. The number of hydrogen-bond acceptors (Lipinski definition) is 4. The molecule has 2 N–H and O–H groups in total. The lowest BCUT2D eigenvalue weighted by molar-refractivity contribution is -0.0493. The summed E-state index contributed by atoms with van der Waals surface area (Å²) >= 11 is 0. The Bertz CT molecular complexity index is 547. The van der Waals surface area contributed by atoms with E-state index in [1.807, 2.05) is 0 Å². The summed E-state index contributed by atoms with van der Waals surface area (Å²) in [5, 5.41) is 3.07. The molecule has 0 unspecified atom stereocenters. The number of nitrogens with one attached hydrogen (secondary N) is 2. The monoisotopic (exact) mass is 306 g/mol. The molecule has 112 valence electrons. The van der Waals surface area contributed by atoms with E-state index in [2.05, 4.69) is 14.8 Å². The standard InChI is InChI=1S/C12H16F2N2O3S/c13-12(14)19-11-4-2-1-3-10(11)16-20(17,18)8-7-15-9-5-6-9/h1-4,9,12,15-16H,5-8H2. The Morgan fingerprint density at radius 2 is 2.00 bits per heavy atom. The minimum atomic E-state index is -3.60.